The third kappa shape index (κ3) is 2.85. The molecule has 4 nitrogen and oxygen atoms in total. The first kappa shape index (κ1) is 16.6. The summed E-state index contributed by atoms with van der Waals surface area (Å²) in [5.74, 6) is -0.689. The second-order valence-electron chi connectivity index (χ2n) is 6.54. The lowest BCUT2D eigenvalue weighted by molar-refractivity contribution is -0.0625. The van der Waals surface area contributed by atoms with Crippen LogP contribution in [-0.4, -0.2) is 35.4 Å². The molecule has 2 saturated heterocycles. The summed E-state index contributed by atoms with van der Waals surface area (Å²) >= 11 is 0. The van der Waals surface area contributed by atoms with E-state index in [1.165, 1.54) is 24.3 Å². The van der Waals surface area contributed by atoms with Crippen molar-refractivity contribution in [3.63, 3.8) is 0 Å². The number of hydrogen-bond donors (Lipinski definition) is 1. The summed E-state index contributed by atoms with van der Waals surface area (Å²) in [6.45, 7) is 0.704. The first-order valence-corrected chi connectivity index (χ1v) is 8.26. The summed E-state index contributed by atoms with van der Waals surface area (Å²) in [6.07, 6.45) is -0.569. The summed E-state index contributed by atoms with van der Waals surface area (Å²) in [5.41, 5.74) is 0.835. The Labute approximate surface area is 144 Å². The molecule has 4 rings (SSSR count). The molecule has 0 spiro atoms. The van der Waals surface area contributed by atoms with Gasteiger partial charge in [-0.1, -0.05) is 24.3 Å². The van der Waals surface area contributed by atoms with E-state index in [1.807, 2.05) is 4.90 Å². The molecule has 1 N–H and O–H groups in total. The van der Waals surface area contributed by atoms with Gasteiger partial charge >= 0.3 is 0 Å². The largest absolute Gasteiger partial charge is 0.396 e. The highest BCUT2D eigenvalue weighted by atomic mass is 19.1. The first-order chi connectivity index (χ1) is 12.1. The van der Waals surface area contributed by atoms with E-state index in [9.17, 15) is 13.9 Å². The molecule has 25 heavy (non-hydrogen) atoms. The number of ether oxygens (including phenoxy) is 2. The minimum absolute atomic E-state index is 0.0189. The number of halogens is 2. The van der Waals surface area contributed by atoms with Crippen molar-refractivity contribution >= 4 is 0 Å². The Morgan fingerprint density at radius 2 is 1.48 bits per heavy atom. The summed E-state index contributed by atoms with van der Waals surface area (Å²) in [6, 6.07) is 12.5. The minimum atomic E-state index is -0.516. The van der Waals surface area contributed by atoms with E-state index < -0.39 is 18.0 Å². The molecule has 2 aromatic carbocycles. The third-order valence-electron chi connectivity index (χ3n) is 4.92. The maximum atomic E-state index is 13.7. The Morgan fingerprint density at radius 1 is 0.960 bits per heavy atom. The van der Waals surface area contributed by atoms with Gasteiger partial charge in [0.05, 0.1) is 18.8 Å². The van der Waals surface area contributed by atoms with Crippen LogP contribution in [0, 0.1) is 11.6 Å². The molecular weight excluding hydrogens is 328 g/mol. The van der Waals surface area contributed by atoms with Crippen molar-refractivity contribution in [3.8, 4) is 0 Å². The van der Waals surface area contributed by atoms with E-state index in [0.29, 0.717) is 30.8 Å². The van der Waals surface area contributed by atoms with Gasteiger partial charge in [-0.3, -0.25) is 0 Å². The van der Waals surface area contributed by atoms with Gasteiger partial charge < -0.3 is 14.6 Å². The van der Waals surface area contributed by atoms with E-state index in [2.05, 4.69) is 0 Å². The Hall–Kier alpha value is -1.86. The molecule has 2 heterocycles. The normalized spacial score (nSPS) is 29.1. The van der Waals surface area contributed by atoms with Gasteiger partial charge in [-0.25, -0.2) is 13.7 Å². The number of rotatable bonds is 4. The zero-order valence-electron chi connectivity index (χ0n) is 13.6. The Morgan fingerprint density at radius 3 is 1.92 bits per heavy atom. The zero-order chi connectivity index (χ0) is 17.4. The maximum Gasteiger partial charge on any atom is 0.139 e. The molecule has 3 atom stereocenters. The topological polar surface area (TPSA) is 41.9 Å². The molecule has 0 aliphatic carbocycles. The van der Waals surface area contributed by atoms with E-state index in [0.717, 1.165) is 0 Å². The highest BCUT2D eigenvalue weighted by Gasteiger charge is 2.56. The van der Waals surface area contributed by atoms with Crippen molar-refractivity contribution in [3.05, 3.63) is 71.3 Å². The van der Waals surface area contributed by atoms with E-state index >= 15 is 0 Å². The van der Waals surface area contributed by atoms with Crippen LogP contribution in [0.2, 0.25) is 0 Å². The average Bonchev–Trinajstić information content (AvgIpc) is 3.12. The quantitative estimate of drug-likeness (QED) is 0.923. The first-order valence-electron chi connectivity index (χ1n) is 8.26. The number of fused-ring (bicyclic) bond motifs is 1. The number of benzene rings is 2. The van der Waals surface area contributed by atoms with Crippen molar-refractivity contribution < 1.29 is 23.4 Å². The molecule has 0 radical (unpaired) electrons. The number of nitrogens with zero attached hydrogens (tertiary/aromatic N) is 1. The number of aliphatic hydroxyl groups excluding tert-OH is 1. The number of aliphatic hydroxyl groups is 1. The summed E-state index contributed by atoms with van der Waals surface area (Å²) < 4.78 is 39.3. The Bertz CT molecular complexity index is 712. The Kier molecular flexibility index (Phi) is 4.29. The van der Waals surface area contributed by atoms with Crippen molar-refractivity contribution in [2.75, 3.05) is 19.8 Å². The van der Waals surface area contributed by atoms with E-state index in [4.69, 9.17) is 9.47 Å². The molecule has 6 heteroatoms. The fraction of sp³-hybridized carbons (Fsp3) is 0.368. The molecule has 0 aromatic heterocycles. The molecule has 2 aliphatic heterocycles. The zero-order valence-corrected chi connectivity index (χ0v) is 13.6. The summed E-state index contributed by atoms with van der Waals surface area (Å²) in [5, 5.41) is 9.51. The second-order valence-corrected chi connectivity index (χ2v) is 6.54. The van der Waals surface area contributed by atoms with Gasteiger partial charge in [0.15, 0.2) is 0 Å². The SMILES string of the molecule is OCC[C@]12CO[C@H](c3cccc(F)c3)N1[C@H](c1cccc(F)c1)OC2. The molecule has 0 amide bonds. The van der Waals surface area contributed by atoms with Crippen molar-refractivity contribution in [1.29, 1.82) is 0 Å². The van der Waals surface area contributed by atoms with Gasteiger partial charge in [0.1, 0.15) is 24.1 Å². The molecule has 0 saturated carbocycles. The molecular formula is C19H19F2NO3. The van der Waals surface area contributed by atoms with Gasteiger partial charge in [0.2, 0.25) is 0 Å². The van der Waals surface area contributed by atoms with Crippen LogP contribution in [0.25, 0.3) is 0 Å². The van der Waals surface area contributed by atoms with Gasteiger partial charge in [-0.2, -0.15) is 0 Å². The molecule has 0 bridgehead atoms. The van der Waals surface area contributed by atoms with Crippen LogP contribution in [0.4, 0.5) is 8.78 Å². The van der Waals surface area contributed by atoms with Gasteiger partial charge in [0, 0.05) is 6.61 Å². The van der Waals surface area contributed by atoms with Crippen molar-refractivity contribution in [2.24, 2.45) is 0 Å². The van der Waals surface area contributed by atoms with Crippen molar-refractivity contribution in [2.45, 2.75) is 24.4 Å². The number of hydrogen-bond acceptors (Lipinski definition) is 4. The fourth-order valence-corrected chi connectivity index (χ4v) is 3.76. The van der Waals surface area contributed by atoms with Gasteiger partial charge in [-0.05, 0) is 41.8 Å². The smallest absolute Gasteiger partial charge is 0.139 e. The predicted octanol–water partition coefficient (Wildman–Crippen LogP) is 3.15. The lowest BCUT2D eigenvalue weighted by Gasteiger charge is -2.34. The Balaban J connectivity index is 1.75. The van der Waals surface area contributed by atoms with Gasteiger partial charge in [-0.15, -0.1) is 0 Å². The molecule has 2 aliphatic rings. The van der Waals surface area contributed by atoms with E-state index in [1.54, 1.807) is 24.3 Å². The lowest BCUT2D eigenvalue weighted by atomic mass is 9.96. The molecule has 2 aromatic rings. The van der Waals surface area contributed by atoms with Crippen LogP contribution in [0.3, 0.4) is 0 Å². The average molecular weight is 347 g/mol. The van der Waals surface area contributed by atoms with Crippen LogP contribution >= 0.6 is 0 Å². The fourth-order valence-electron chi connectivity index (χ4n) is 3.76. The summed E-state index contributed by atoms with van der Waals surface area (Å²) in [4.78, 5) is 1.99. The molecule has 0 unspecified atom stereocenters. The highest BCUT2D eigenvalue weighted by molar-refractivity contribution is 5.26. The van der Waals surface area contributed by atoms with Crippen LogP contribution in [0.15, 0.2) is 48.5 Å². The van der Waals surface area contributed by atoms with Crippen LogP contribution in [-0.2, 0) is 9.47 Å². The van der Waals surface area contributed by atoms with E-state index in [-0.39, 0.29) is 18.2 Å². The monoisotopic (exact) mass is 347 g/mol. The molecule has 2 fully saturated rings. The van der Waals surface area contributed by atoms with Crippen molar-refractivity contribution in [1.82, 2.24) is 4.90 Å². The van der Waals surface area contributed by atoms with Crippen LogP contribution < -0.4 is 0 Å². The predicted molar refractivity (Wildman–Crippen MR) is 86.5 cm³/mol. The van der Waals surface area contributed by atoms with Gasteiger partial charge in [0.25, 0.3) is 0 Å². The molecule has 132 valence electrons. The van der Waals surface area contributed by atoms with Crippen LogP contribution in [0.5, 0.6) is 0 Å². The highest BCUT2D eigenvalue weighted by Crippen LogP contribution is 2.50. The standard InChI is InChI=1S/C19H19F2NO3/c20-15-5-1-3-13(9-15)17-22-18(14-4-2-6-16(21)10-14)25-12-19(22,7-8-23)11-24-17/h1-6,9-10,17-18,23H,7-8,11-12H2/t17-,18+,19-. The lowest BCUT2D eigenvalue weighted by Crippen LogP contribution is -2.45. The van der Waals surface area contributed by atoms with Crippen LogP contribution in [0.1, 0.15) is 30.0 Å². The minimum Gasteiger partial charge on any atom is -0.396 e. The second kappa shape index (κ2) is 6.46. The maximum absolute atomic E-state index is 13.7. The third-order valence-corrected chi connectivity index (χ3v) is 4.92. The summed E-state index contributed by atoms with van der Waals surface area (Å²) in [7, 11) is 0.